The smallest absolute Gasteiger partial charge is 0.378 e. The Hall–Kier alpha value is -2.55. The number of carbonyl (C=O) groups is 3. The van der Waals surface area contributed by atoms with E-state index >= 15 is 0 Å². The monoisotopic (exact) mass is 374 g/mol. The molecule has 7 nitrogen and oxygen atoms in total. The molecule has 1 aromatic carbocycles. The molecule has 144 valence electrons. The van der Waals surface area contributed by atoms with Gasteiger partial charge in [-0.1, -0.05) is 13.8 Å². The fourth-order valence-corrected chi connectivity index (χ4v) is 1.94. The lowest BCUT2D eigenvalue weighted by molar-refractivity contribution is -0.187. The van der Waals surface area contributed by atoms with Crippen LogP contribution in [0.2, 0.25) is 0 Å². The molecule has 1 rings (SSSR count). The minimum atomic E-state index is -4.23. The summed E-state index contributed by atoms with van der Waals surface area (Å²) >= 11 is 0. The average molecular weight is 374 g/mol. The number of carboxylic acids is 1. The van der Waals surface area contributed by atoms with Gasteiger partial charge in [0.1, 0.15) is 0 Å². The summed E-state index contributed by atoms with van der Waals surface area (Å²) < 4.78 is 41.8. The average Bonchev–Trinajstić information content (AvgIpc) is 2.59. The molecule has 26 heavy (non-hydrogen) atoms. The highest BCUT2D eigenvalue weighted by molar-refractivity contribution is 5.93. The van der Waals surface area contributed by atoms with Gasteiger partial charge in [-0.25, -0.2) is 14.4 Å². The Morgan fingerprint density at radius 2 is 1.58 bits per heavy atom. The highest BCUT2D eigenvalue weighted by Crippen LogP contribution is 2.28. The van der Waals surface area contributed by atoms with Crippen molar-refractivity contribution >= 4 is 17.9 Å². The van der Waals surface area contributed by atoms with Crippen LogP contribution in [0, 0.1) is 5.92 Å². The van der Waals surface area contributed by atoms with Crippen molar-refractivity contribution in [3.63, 3.8) is 0 Å². The predicted octanol–water partition coefficient (Wildman–Crippen LogP) is 2.74. The number of rotatable bonds is 9. The van der Waals surface area contributed by atoms with Gasteiger partial charge in [0.2, 0.25) is 0 Å². The van der Waals surface area contributed by atoms with Gasteiger partial charge >= 0.3 is 23.8 Å². The second-order valence-electron chi connectivity index (χ2n) is 5.62. The molecule has 0 spiro atoms. The molecule has 1 atom stereocenters. The number of hydrogen-bond acceptors (Lipinski definition) is 6. The zero-order valence-electron chi connectivity index (χ0n) is 14.5. The van der Waals surface area contributed by atoms with Gasteiger partial charge in [0.05, 0.1) is 11.1 Å². The van der Waals surface area contributed by atoms with Crippen molar-refractivity contribution < 1.29 is 42.5 Å². The first-order valence-electron chi connectivity index (χ1n) is 7.78. The van der Waals surface area contributed by atoms with Gasteiger partial charge in [-0.05, 0) is 37.1 Å². The maximum Gasteiger partial charge on any atom is 0.378 e. The van der Waals surface area contributed by atoms with Crippen LogP contribution < -0.4 is 0 Å². The van der Waals surface area contributed by atoms with Crippen LogP contribution in [-0.4, -0.2) is 48.4 Å². The van der Waals surface area contributed by atoms with Crippen molar-refractivity contribution in [3.05, 3.63) is 35.4 Å². The number of carboxylic acid groups (broad SMARTS) is 1. The van der Waals surface area contributed by atoms with E-state index in [1.54, 1.807) is 6.92 Å². The Balaban J connectivity index is 2.84. The Morgan fingerprint density at radius 1 is 1.08 bits per heavy atom. The fraction of sp³-hybridized carbons (Fsp3) is 0.471. The lowest BCUT2D eigenvalue weighted by Crippen LogP contribution is -2.47. The van der Waals surface area contributed by atoms with Gasteiger partial charge in [0, 0.05) is 6.61 Å². The number of hydrogen-bond donors (Lipinski definition) is 1. The number of ether oxygens (including phenoxy) is 3. The molecule has 1 aromatic rings. The summed E-state index contributed by atoms with van der Waals surface area (Å²) in [6.07, 6.45) is -2.14. The number of aliphatic carboxylic acids is 1. The molecule has 1 unspecified atom stereocenters. The molecule has 1 N–H and O–H groups in total. The SMILES string of the molecule is CCOCOC(=O)c1ccc(C(=O)OC(C(C)C)C(F)(F)C(=O)O)cc1. The van der Waals surface area contributed by atoms with Gasteiger partial charge < -0.3 is 19.3 Å². The minimum Gasteiger partial charge on any atom is -0.477 e. The molecule has 0 aliphatic carbocycles. The lowest BCUT2D eigenvalue weighted by Gasteiger charge is -2.26. The Morgan fingerprint density at radius 3 is 2.00 bits per heavy atom. The van der Waals surface area contributed by atoms with Gasteiger partial charge in [0.15, 0.2) is 12.9 Å². The zero-order chi connectivity index (χ0) is 19.9. The third-order valence-corrected chi connectivity index (χ3v) is 3.32. The summed E-state index contributed by atoms with van der Waals surface area (Å²) in [4.78, 5) is 34.4. The number of carbonyl (C=O) groups excluding carboxylic acids is 2. The molecule has 0 fully saturated rings. The number of esters is 2. The summed E-state index contributed by atoms with van der Waals surface area (Å²) in [5, 5.41) is 8.63. The topological polar surface area (TPSA) is 99.1 Å². The minimum absolute atomic E-state index is 0.113. The number of halogens is 2. The van der Waals surface area contributed by atoms with E-state index in [0.717, 1.165) is 0 Å². The Kier molecular flexibility index (Phi) is 7.63. The summed E-state index contributed by atoms with van der Waals surface area (Å²) in [5.41, 5.74) is 0.00993. The molecule has 0 amide bonds. The van der Waals surface area contributed by atoms with Crippen molar-refractivity contribution in [1.29, 1.82) is 0 Å². The van der Waals surface area contributed by atoms with E-state index in [9.17, 15) is 23.2 Å². The molecule has 0 bridgehead atoms. The molecule has 0 heterocycles. The summed E-state index contributed by atoms with van der Waals surface area (Å²) in [7, 11) is 0. The molecular formula is C17H20F2O7. The largest absolute Gasteiger partial charge is 0.477 e. The van der Waals surface area contributed by atoms with Gasteiger partial charge in [-0.3, -0.25) is 0 Å². The molecule has 0 aliphatic rings. The normalized spacial score (nSPS) is 12.5. The zero-order valence-corrected chi connectivity index (χ0v) is 14.5. The Bertz CT molecular complexity index is 641. The van der Waals surface area contributed by atoms with E-state index in [4.69, 9.17) is 19.3 Å². The highest BCUT2D eigenvalue weighted by atomic mass is 19.3. The molecule has 9 heteroatoms. The summed E-state index contributed by atoms with van der Waals surface area (Å²) in [5.74, 6) is -9.35. The molecule has 0 aliphatic heterocycles. The first-order chi connectivity index (χ1) is 12.1. The Labute approximate surface area is 148 Å². The van der Waals surface area contributed by atoms with Crippen LogP contribution in [0.1, 0.15) is 41.5 Å². The van der Waals surface area contributed by atoms with Crippen LogP contribution in [0.25, 0.3) is 0 Å². The first kappa shape index (κ1) is 21.5. The molecular weight excluding hydrogens is 354 g/mol. The van der Waals surface area contributed by atoms with E-state index in [2.05, 4.69) is 0 Å². The second kappa shape index (κ2) is 9.23. The molecule has 0 aromatic heterocycles. The van der Waals surface area contributed by atoms with Crippen LogP contribution in [0.3, 0.4) is 0 Å². The fourth-order valence-electron chi connectivity index (χ4n) is 1.94. The van der Waals surface area contributed by atoms with Crippen LogP contribution in [-0.2, 0) is 19.0 Å². The second-order valence-corrected chi connectivity index (χ2v) is 5.62. The maximum atomic E-state index is 13.7. The molecule has 0 saturated carbocycles. The van der Waals surface area contributed by atoms with Gasteiger partial charge in [-0.2, -0.15) is 8.78 Å². The van der Waals surface area contributed by atoms with Crippen LogP contribution in [0.5, 0.6) is 0 Å². The van der Waals surface area contributed by atoms with E-state index < -0.39 is 35.9 Å². The van der Waals surface area contributed by atoms with E-state index in [1.165, 1.54) is 38.1 Å². The summed E-state index contributed by atoms with van der Waals surface area (Å²) in [6, 6.07) is 4.89. The summed E-state index contributed by atoms with van der Waals surface area (Å²) in [6.45, 7) is 4.50. The molecule has 0 radical (unpaired) electrons. The first-order valence-corrected chi connectivity index (χ1v) is 7.78. The van der Waals surface area contributed by atoms with E-state index in [1.807, 2.05) is 0 Å². The van der Waals surface area contributed by atoms with Gasteiger partial charge in [-0.15, -0.1) is 0 Å². The van der Waals surface area contributed by atoms with E-state index in [-0.39, 0.29) is 17.9 Å². The lowest BCUT2D eigenvalue weighted by atomic mass is 10.0. The van der Waals surface area contributed by atoms with Crippen LogP contribution in [0.4, 0.5) is 8.78 Å². The predicted molar refractivity (Wildman–Crippen MR) is 85.0 cm³/mol. The third-order valence-electron chi connectivity index (χ3n) is 3.32. The number of benzene rings is 1. The quantitative estimate of drug-likeness (QED) is 0.403. The van der Waals surface area contributed by atoms with Crippen molar-refractivity contribution in [2.75, 3.05) is 13.4 Å². The third kappa shape index (κ3) is 5.48. The van der Waals surface area contributed by atoms with Crippen LogP contribution in [0.15, 0.2) is 24.3 Å². The standard InChI is InChI=1S/C17H20F2O7/c1-4-24-9-25-14(20)11-5-7-12(8-6-11)15(21)26-13(10(2)3)17(18,19)16(22)23/h5-8,10,13H,4,9H2,1-3H3,(H,22,23). The van der Waals surface area contributed by atoms with Crippen LogP contribution >= 0.6 is 0 Å². The van der Waals surface area contributed by atoms with Crippen molar-refractivity contribution in [3.8, 4) is 0 Å². The molecule has 0 saturated heterocycles. The maximum absolute atomic E-state index is 13.7. The number of alkyl halides is 2. The van der Waals surface area contributed by atoms with E-state index in [0.29, 0.717) is 6.61 Å². The highest BCUT2D eigenvalue weighted by Gasteiger charge is 2.51. The van der Waals surface area contributed by atoms with Crippen molar-refractivity contribution in [2.45, 2.75) is 32.8 Å². The van der Waals surface area contributed by atoms with Crippen molar-refractivity contribution in [1.82, 2.24) is 0 Å². The van der Waals surface area contributed by atoms with Crippen molar-refractivity contribution in [2.24, 2.45) is 5.92 Å². The van der Waals surface area contributed by atoms with Gasteiger partial charge in [0.25, 0.3) is 0 Å².